The van der Waals surface area contributed by atoms with Gasteiger partial charge in [0, 0.05) is 0 Å². The monoisotopic (exact) mass is 502 g/mol. The van der Waals surface area contributed by atoms with Gasteiger partial charge in [0.2, 0.25) is 6.71 Å². The highest BCUT2D eigenvalue weighted by Crippen LogP contribution is 2.32. The summed E-state index contributed by atoms with van der Waals surface area (Å²) in [6.45, 7) is 19.3. The van der Waals surface area contributed by atoms with Gasteiger partial charge in [0.1, 0.15) is 0 Å². The van der Waals surface area contributed by atoms with E-state index in [4.69, 9.17) is 0 Å². The summed E-state index contributed by atoms with van der Waals surface area (Å²) in [7, 11) is -0.632. The molecule has 0 unspecified atom stereocenters. The molecule has 0 fully saturated rings. The lowest BCUT2D eigenvalue weighted by atomic mass is 9.36. The normalized spacial score (nSPS) is 16.8. The quantitative estimate of drug-likeness (QED) is 0.372. The molecule has 3 aliphatic heterocycles. The predicted octanol–water partition coefficient (Wildman–Crippen LogP) is 3.89. The molecule has 3 aromatic carbocycles. The summed E-state index contributed by atoms with van der Waals surface area (Å²) in [6.07, 6.45) is 4.94. The summed E-state index contributed by atoms with van der Waals surface area (Å²) >= 11 is 0. The van der Waals surface area contributed by atoms with E-state index in [0.29, 0.717) is 24.5 Å². The van der Waals surface area contributed by atoms with E-state index in [1.54, 1.807) is 48.3 Å². The Morgan fingerprint density at radius 1 is 0.583 bits per heavy atom. The molecular formula is C33H39BSi2. The largest absolute Gasteiger partial charge is 0.243 e. The molecule has 3 aliphatic rings. The van der Waals surface area contributed by atoms with Crippen molar-refractivity contribution in [2.75, 3.05) is 0 Å². The minimum atomic E-state index is -0.316. The van der Waals surface area contributed by atoms with Gasteiger partial charge in [-0.3, -0.25) is 0 Å². The van der Waals surface area contributed by atoms with Crippen molar-refractivity contribution in [1.82, 2.24) is 0 Å². The number of fused-ring (bicyclic) bond motifs is 5. The van der Waals surface area contributed by atoms with E-state index in [1.165, 1.54) is 27.8 Å². The molecule has 0 atom stereocenters. The maximum atomic E-state index is 2.64. The summed E-state index contributed by atoms with van der Waals surface area (Å²) in [5.41, 5.74) is 15.4. The van der Waals surface area contributed by atoms with Crippen LogP contribution < -0.4 is 26.8 Å². The van der Waals surface area contributed by atoms with Gasteiger partial charge in [0.05, 0.1) is 19.0 Å². The van der Waals surface area contributed by atoms with E-state index in [1.807, 2.05) is 0 Å². The lowest BCUT2D eigenvalue weighted by Crippen LogP contribution is -2.53. The van der Waals surface area contributed by atoms with Gasteiger partial charge in [-0.25, -0.2) is 0 Å². The Balaban J connectivity index is 1.68. The van der Waals surface area contributed by atoms with Crippen LogP contribution in [0.15, 0.2) is 46.8 Å². The molecule has 0 N–H and O–H groups in total. The van der Waals surface area contributed by atoms with Gasteiger partial charge in [-0.1, -0.05) is 115 Å². The van der Waals surface area contributed by atoms with Crippen molar-refractivity contribution < 1.29 is 0 Å². The van der Waals surface area contributed by atoms with Gasteiger partial charge < -0.3 is 0 Å². The van der Waals surface area contributed by atoms with Crippen LogP contribution in [0.3, 0.4) is 0 Å². The predicted molar refractivity (Wildman–Crippen MR) is 169 cm³/mol. The van der Waals surface area contributed by atoms with E-state index >= 15 is 0 Å². The first-order valence-electron chi connectivity index (χ1n) is 14.0. The minimum absolute atomic E-state index is 0.316. The Labute approximate surface area is 223 Å². The van der Waals surface area contributed by atoms with Crippen LogP contribution in [-0.4, -0.2) is 25.8 Å². The third-order valence-corrected chi connectivity index (χ3v) is 12.3. The van der Waals surface area contributed by atoms with Crippen molar-refractivity contribution in [3.8, 4) is 11.1 Å². The Bertz CT molecular complexity index is 1380. The van der Waals surface area contributed by atoms with Crippen LogP contribution in [0.4, 0.5) is 0 Å². The van der Waals surface area contributed by atoms with E-state index in [-0.39, 0.29) is 19.0 Å². The highest BCUT2D eigenvalue weighted by atomic mass is 28.2. The van der Waals surface area contributed by atoms with Crippen LogP contribution >= 0.6 is 0 Å². The second-order valence-electron chi connectivity index (χ2n) is 12.6. The summed E-state index contributed by atoms with van der Waals surface area (Å²) in [5, 5.41) is 6.54. The fourth-order valence-corrected chi connectivity index (χ4v) is 10.2. The molecule has 3 aromatic rings. The lowest BCUT2D eigenvalue weighted by molar-refractivity contribution is 0.812. The van der Waals surface area contributed by atoms with Gasteiger partial charge in [-0.05, 0) is 82.7 Å². The van der Waals surface area contributed by atoms with Crippen LogP contribution in [0.2, 0.25) is 0 Å². The summed E-state index contributed by atoms with van der Waals surface area (Å²) in [6, 6.07) is 15.5. The highest BCUT2D eigenvalue weighted by molar-refractivity contribution is 7.00. The minimum Gasteiger partial charge on any atom is -0.0850 e. The topological polar surface area (TPSA) is 0 Å². The van der Waals surface area contributed by atoms with E-state index < -0.39 is 0 Å². The van der Waals surface area contributed by atoms with Gasteiger partial charge in [-0.15, -0.1) is 0 Å². The van der Waals surface area contributed by atoms with Gasteiger partial charge in [0.15, 0.2) is 0 Å². The average molecular weight is 503 g/mol. The Hall–Kier alpha value is -2.36. The number of allylic oxidation sites excluding steroid dienone is 2. The average Bonchev–Trinajstić information content (AvgIpc) is 3.45. The first-order valence-corrected chi connectivity index (χ1v) is 16.8. The second kappa shape index (κ2) is 8.60. The van der Waals surface area contributed by atoms with Crippen molar-refractivity contribution in [3.63, 3.8) is 0 Å². The Morgan fingerprint density at radius 3 is 1.42 bits per heavy atom. The van der Waals surface area contributed by atoms with Crippen LogP contribution in [-0.2, 0) is 0 Å². The third kappa shape index (κ3) is 3.70. The van der Waals surface area contributed by atoms with Crippen LogP contribution in [0.1, 0.15) is 101 Å². The molecular weight excluding hydrogens is 463 g/mol. The summed E-state index contributed by atoms with van der Waals surface area (Å²) < 4.78 is 0. The van der Waals surface area contributed by atoms with Crippen LogP contribution in [0.25, 0.3) is 23.3 Å². The van der Waals surface area contributed by atoms with Crippen molar-refractivity contribution in [1.29, 1.82) is 0 Å². The SMILES string of the molecule is CC1=Cc2cc3c(cc2[SiH2]1)B(c1c(C(C)C)cc(C(C)C)cc1C(C)C)c1cc2c(cc1-3)C=C(C)[SiH2]2. The molecule has 0 spiro atoms. The Morgan fingerprint density at radius 2 is 1.03 bits per heavy atom. The van der Waals surface area contributed by atoms with E-state index in [9.17, 15) is 0 Å². The number of rotatable bonds is 4. The smallest absolute Gasteiger partial charge is 0.0850 e. The molecule has 0 aromatic heterocycles. The second-order valence-corrected chi connectivity index (χ2v) is 17.1. The molecule has 182 valence electrons. The molecule has 0 bridgehead atoms. The fourth-order valence-electron chi connectivity index (χ4n) is 6.94. The fraction of sp³-hybridized carbons (Fsp3) is 0.333. The standard InChI is InChI=1S/C33H39BSi2/c1-17(2)22-11-25(18(3)4)33(26(12-22)19(5)6)34-29-15-31-23(9-20(7)35-31)13-27(29)28-14-24-10-21(8)36-32(24)16-30(28)34/h9-19H,35-36H2,1-8H3. The molecule has 0 saturated carbocycles. The Kier molecular flexibility index (Phi) is 5.73. The number of hydrogen-bond acceptors (Lipinski definition) is 0. The molecule has 0 nitrogen and oxygen atoms in total. The lowest BCUT2D eigenvalue weighted by Gasteiger charge is -2.27. The number of benzene rings is 3. The molecule has 3 heteroatoms. The maximum absolute atomic E-state index is 2.64. The van der Waals surface area contributed by atoms with Crippen LogP contribution in [0, 0.1) is 0 Å². The summed E-state index contributed by atoms with van der Waals surface area (Å²) in [5.74, 6) is 1.55. The van der Waals surface area contributed by atoms with Crippen molar-refractivity contribution in [3.05, 3.63) is 74.6 Å². The molecule has 0 saturated heterocycles. The van der Waals surface area contributed by atoms with E-state index in [2.05, 4.69) is 104 Å². The van der Waals surface area contributed by atoms with Crippen molar-refractivity contribution in [2.45, 2.75) is 73.1 Å². The first-order chi connectivity index (χ1) is 17.1. The van der Waals surface area contributed by atoms with Gasteiger partial charge in [-0.2, -0.15) is 0 Å². The zero-order chi connectivity index (χ0) is 25.5. The maximum Gasteiger partial charge on any atom is 0.243 e. The van der Waals surface area contributed by atoms with Gasteiger partial charge in [0.25, 0.3) is 0 Å². The van der Waals surface area contributed by atoms with Crippen molar-refractivity contribution in [2.24, 2.45) is 0 Å². The molecule has 0 radical (unpaired) electrons. The molecule has 36 heavy (non-hydrogen) atoms. The summed E-state index contributed by atoms with van der Waals surface area (Å²) in [4.78, 5) is 0. The first kappa shape index (κ1) is 24.0. The molecule has 0 aliphatic carbocycles. The zero-order valence-corrected chi connectivity index (χ0v) is 26.2. The molecule has 3 heterocycles. The molecule has 6 rings (SSSR count). The zero-order valence-electron chi connectivity index (χ0n) is 23.3. The third-order valence-electron chi connectivity index (χ3n) is 8.74. The van der Waals surface area contributed by atoms with E-state index in [0.717, 1.165) is 0 Å². The molecule has 0 amide bonds. The number of hydrogen-bond donors (Lipinski definition) is 0. The van der Waals surface area contributed by atoms with Crippen LogP contribution in [0.5, 0.6) is 0 Å². The highest BCUT2D eigenvalue weighted by Gasteiger charge is 2.39. The van der Waals surface area contributed by atoms with Crippen molar-refractivity contribution >= 4 is 64.7 Å². The van der Waals surface area contributed by atoms with Gasteiger partial charge >= 0.3 is 0 Å².